The molecule has 28 heavy (non-hydrogen) atoms. The normalized spacial score (nSPS) is 17.3. The number of aromatic amines is 1. The molecule has 1 fully saturated rings. The van der Waals surface area contributed by atoms with Crippen LogP contribution in [0.5, 0.6) is 0 Å². The van der Waals surface area contributed by atoms with Gasteiger partial charge in [-0.05, 0) is 18.9 Å². The number of aryl methyl sites for hydroxylation is 1. The summed E-state index contributed by atoms with van der Waals surface area (Å²) < 4.78 is 6.47. The number of rotatable bonds is 4. The van der Waals surface area contributed by atoms with Crippen LogP contribution in [0.2, 0.25) is 0 Å². The number of carboxylic acid groups (broad SMARTS) is 1. The van der Waals surface area contributed by atoms with Crippen LogP contribution in [0.1, 0.15) is 42.7 Å². The highest BCUT2D eigenvalue weighted by Gasteiger charge is 2.31. The Morgan fingerprint density at radius 1 is 1.39 bits per heavy atom. The second kappa shape index (κ2) is 7.55. The first-order chi connectivity index (χ1) is 13.2. The van der Waals surface area contributed by atoms with Gasteiger partial charge >= 0.3 is 11.7 Å². The lowest BCUT2D eigenvalue weighted by molar-refractivity contribution is -0.154. The lowest BCUT2D eigenvalue weighted by Crippen LogP contribution is -2.48. The highest BCUT2D eigenvalue weighted by atomic mass is 16.5. The van der Waals surface area contributed by atoms with Crippen molar-refractivity contribution in [1.29, 1.82) is 0 Å². The molecule has 3 heterocycles. The molecule has 10 nitrogen and oxygen atoms in total. The first kappa shape index (κ1) is 19.7. The number of carbonyl (C=O) groups is 2. The number of nitrogens with one attached hydrogen (secondary N) is 1. The number of aliphatic carboxylic acids is 1. The summed E-state index contributed by atoms with van der Waals surface area (Å²) in [5, 5.41) is 9.20. The van der Waals surface area contributed by atoms with Crippen LogP contribution in [0.25, 0.3) is 11.0 Å². The lowest BCUT2D eigenvalue weighted by atomic mass is 10.0. The highest BCUT2D eigenvalue weighted by molar-refractivity contribution is 6.05. The maximum absolute atomic E-state index is 13.2. The standard InChI is InChI=1S/C18H22N4O6/c1-4-22-14-13(15(23)20-18(22)27)10(7-11(19-14)9(2)3)16(24)21-5-6-28-12(8-21)17(25)26/h7,9,12H,4-6,8H2,1-3H3,(H,25,26)(H,20,23,27). The minimum atomic E-state index is -1.15. The maximum Gasteiger partial charge on any atom is 0.334 e. The van der Waals surface area contributed by atoms with Gasteiger partial charge in [-0.2, -0.15) is 0 Å². The summed E-state index contributed by atoms with van der Waals surface area (Å²) in [6.07, 6.45) is -1.12. The molecule has 1 saturated heterocycles. The summed E-state index contributed by atoms with van der Waals surface area (Å²) in [5.74, 6) is -1.69. The smallest absolute Gasteiger partial charge is 0.334 e. The summed E-state index contributed by atoms with van der Waals surface area (Å²) in [5.41, 5.74) is -0.480. The average molecular weight is 390 g/mol. The molecule has 1 unspecified atom stereocenters. The van der Waals surface area contributed by atoms with E-state index in [1.54, 1.807) is 13.0 Å². The number of morpholine rings is 1. The van der Waals surface area contributed by atoms with Gasteiger partial charge in [0.1, 0.15) is 0 Å². The van der Waals surface area contributed by atoms with E-state index in [0.717, 1.165) is 0 Å². The van der Waals surface area contributed by atoms with Crippen LogP contribution < -0.4 is 11.2 Å². The van der Waals surface area contributed by atoms with Gasteiger partial charge in [0.2, 0.25) is 0 Å². The fourth-order valence-corrected chi connectivity index (χ4v) is 3.20. The molecule has 150 valence electrons. The number of hydrogen-bond donors (Lipinski definition) is 2. The third-order valence-electron chi connectivity index (χ3n) is 4.74. The van der Waals surface area contributed by atoms with Crippen LogP contribution in [0.15, 0.2) is 15.7 Å². The molecule has 0 bridgehead atoms. The van der Waals surface area contributed by atoms with Gasteiger partial charge in [0.05, 0.1) is 24.1 Å². The monoisotopic (exact) mass is 390 g/mol. The second-order valence-electron chi connectivity index (χ2n) is 6.90. The molecular formula is C18H22N4O6. The Morgan fingerprint density at radius 3 is 2.71 bits per heavy atom. The van der Waals surface area contributed by atoms with Crippen LogP contribution in [0.4, 0.5) is 0 Å². The molecule has 1 aliphatic rings. The predicted octanol–water partition coefficient (Wildman–Crippen LogP) is 0.154. The van der Waals surface area contributed by atoms with E-state index < -0.39 is 29.2 Å². The molecule has 0 aliphatic carbocycles. The molecule has 2 N–H and O–H groups in total. The van der Waals surface area contributed by atoms with Crippen molar-refractivity contribution in [2.75, 3.05) is 19.7 Å². The van der Waals surface area contributed by atoms with E-state index in [4.69, 9.17) is 4.74 Å². The van der Waals surface area contributed by atoms with Crippen molar-refractivity contribution in [2.24, 2.45) is 0 Å². The van der Waals surface area contributed by atoms with Crippen molar-refractivity contribution in [3.05, 3.63) is 38.2 Å². The summed E-state index contributed by atoms with van der Waals surface area (Å²) in [6.45, 7) is 5.95. The summed E-state index contributed by atoms with van der Waals surface area (Å²) in [6, 6.07) is 1.54. The maximum atomic E-state index is 13.2. The van der Waals surface area contributed by atoms with Crippen molar-refractivity contribution in [3.63, 3.8) is 0 Å². The van der Waals surface area contributed by atoms with Crippen LogP contribution >= 0.6 is 0 Å². The SMILES string of the molecule is CCn1c(=O)[nH]c(=O)c2c(C(=O)N3CCOC(C(=O)O)C3)cc(C(C)C)nc21. The molecule has 0 spiro atoms. The van der Waals surface area contributed by atoms with E-state index >= 15 is 0 Å². The number of carboxylic acids is 1. The molecule has 10 heteroatoms. The second-order valence-corrected chi connectivity index (χ2v) is 6.90. The average Bonchev–Trinajstić information content (AvgIpc) is 2.66. The Kier molecular flexibility index (Phi) is 5.32. The quantitative estimate of drug-likeness (QED) is 0.759. The molecule has 1 atom stereocenters. The first-order valence-corrected chi connectivity index (χ1v) is 9.06. The molecule has 0 saturated carbocycles. The van der Waals surface area contributed by atoms with Gasteiger partial charge < -0.3 is 14.7 Å². The van der Waals surface area contributed by atoms with Gasteiger partial charge in [0, 0.05) is 18.8 Å². The van der Waals surface area contributed by atoms with Crippen molar-refractivity contribution >= 4 is 22.9 Å². The lowest BCUT2D eigenvalue weighted by Gasteiger charge is -2.31. The first-order valence-electron chi connectivity index (χ1n) is 9.06. The summed E-state index contributed by atoms with van der Waals surface area (Å²) in [4.78, 5) is 57.1. The summed E-state index contributed by atoms with van der Waals surface area (Å²) in [7, 11) is 0. The highest BCUT2D eigenvalue weighted by Crippen LogP contribution is 2.22. The van der Waals surface area contributed by atoms with Crippen LogP contribution in [-0.4, -0.2) is 62.2 Å². The number of aromatic nitrogens is 3. The predicted molar refractivity (Wildman–Crippen MR) is 99.7 cm³/mol. The van der Waals surface area contributed by atoms with E-state index in [9.17, 15) is 24.3 Å². The Bertz CT molecular complexity index is 1050. The van der Waals surface area contributed by atoms with Crippen LogP contribution in [-0.2, 0) is 16.1 Å². The third-order valence-corrected chi connectivity index (χ3v) is 4.74. The molecule has 0 aromatic carbocycles. The number of ether oxygens (including phenoxy) is 1. The zero-order valence-electron chi connectivity index (χ0n) is 15.9. The minimum Gasteiger partial charge on any atom is -0.479 e. The third kappa shape index (κ3) is 3.42. The number of amides is 1. The minimum absolute atomic E-state index is 0.0224. The number of pyridine rings is 1. The number of nitrogens with zero attached hydrogens (tertiary/aromatic N) is 3. The number of fused-ring (bicyclic) bond motifs is 1. The zero-order chi connectivity index (χ0) is 20.6. The fourth-order valence-electron chi connectivity index (χ4n) is 3.20. The van der Waals surface area contributed by atoms with Gasteiger partial charge in [0.25, 0.3) is 11.5 Å². The Labute approximate surface area is 159 Å². The van der Waals surface area contributed by atoms with Gasteiger partial charge in [-0.3, -0.25) is 19.1 Å². The van der Waals surface area contributed by atoms with Crippen LogP contribution in [0, 0.1) is 0 Å². The van der Waals surface area contributed by atoms with Crippen molar-refractivity contribution in [2.45, 2.75) is 39.3 Å². The molecule has 2 aromatic rings. The van der Waals surface area contributed by atoms with E-state index in [1.165, 1.54) is 9.47 Å². The zero-order valence-corrected chi connectivity index (χ0v) is 15.9. The van der Waals surface area contributed by atoms with Crippen molar-refractivity contribution in [3.8, 4) is 0 Å². The molecule has 2 aromatic heterocycles. The van der Waals surface area contributed by atoms with Crippen molar-refractivity contribution in [1.82, 2.24) is 19.4 Å². The van der Waals surface area contributed by atoms with Crippen molar-refractivity contribution < 1.29 is 19.4 Å². The fraction of sp³-hybridized carbons (Fsp3) is 0.500. The van der Waals surface area contributed by atoms with Gasteiger partial charge in [-0.25, -0.2) is 14.6 Å². The molecule has 0 radical (unpaired) electrons. The van der Waals surface area contributed by atoms with Gasteiger partial charge in [-0.1, -0.05) is 13.8 Å². The molecule has 1 amide bonds. The molecule has 1 aliphatic heterocycles. The number of H-pyrrole nitrogens is 1. The van der Waals surface area contributed by atoms with Crippen LogP contribution in [0.3, 0.4) is 0 Å². The molecule has 3 rings (SSSR count). The largest absolute Gasteiger partial charge is 0.479 e. The van der Waals surface area contributed by atoms with E-state index in [1.807, 2.05) is 13.8 Å². The Hall–Kier alpha value is -3.01. The number of carbonyl (C=O) groups excluding carboxylic acids is 1. The van der Waals surface area contributed by atoms with E-state index in [2.05, 4.69) is 9.97 Å². The summed E-state index contributed by atoms with van der Waals surface area (Å²) >= 11 is 0. The van der Waals surface area contributed by atoms with E-state index in [-0.39, 0.29) is 48.8 Å². The van der Waals surface area contributed by atoms with E-state index in [0.29, 0.717) is 5.69 Å². The number of hydrogen-bond acceptors (Lipinski definition) is 6. The molecular weight excluding hydrogens is 368 g/mol. The van der Waals surface area contributed by atoms with Gasteiger partial charge in [0.15, 0.2) is 11.8 Å². The van der Waals surface area contributed by atoms with Gasteiger partial charge in [-0.15, -0.1) is 0 Å². The topological polar surface area (TPSA) is 135 Å². The Balaban J connectivity index is 2.22. The Morgan fingerprint density at radius 2 is 2.11 bits per heavy atom.